The average molecular weight is 355 g/mol. The van der Waals surface area contributed by atoms with E-state index in [2.05, 4.69) is 0 Å². The van der Waals surface area contributed by atoms with Crippen molar-refractivity contribution in [2.75, 3.05) is 0 Å². The number of hydrogen-bond donors (Lipinski definition) is 0. The molecule has 0 bridgehead atoms. The third-order valence-electron chi connectivity index (χ3n) is 3.02. The van der Waals surface area contributed by atoms with Crippen LogP contribution in [0.1, 0.15) is 5.69 Å². The summed E-state index contributed by atoms with van der Waals surface area (Å²) < 4.78 is 41.6. The first-order valence-corrected chi connectivity index (χ1v) is 7.66. The number of rotatable bonds is 2. The van der Waals surface area contributed by atoms with E-state index in [0.29, 0.717) is 5.76 Å². The second kappa shape index (κ2) is 6.91. The fraction of sp³-hybridized carbons (Fsp3) is 0.0714. The van der Waals surface area contributed by atoms with Gasteiger partial charge in [-0.15, -0.1) is 14.6 Å². The highest BCUT2D eigenvalue weighted by molar-refractivity contribution is 5.59. The second-order valence-corrected chi connectivity index (χ2v) is 5.41. The maximum absolute atomic E-state index is 10.6. The molecule has 3 aromatic rings. The molecular formula is C14H11ClN2O7. The number of aryl methyl sites for hydroxylation is 1. The van der Waals surface area contributed by atoms with Gasteiger partial charge in [0.05, 0.1) is 11.0 Å². The summed E-state index contributed by atoms with van der Waals surface area (Å²) in [5.41, 5.74) is 2.69. The van der Waals surface area contributed by atoms with Crippen LogP contribution in [0.25, 0.3) is 17.0 Å². The fourth-order valence-corrected chi connectivity index (χ4v) is 1.99. The molecule has 9 nitrogen and oxygen atoms in total. The lowest BCUT2D eigenvalue weighted by Crippen LogP contribution is -2.68. The molecule has 0 atom stereocenters. The van der Waals surface area contributed by atoms with Crippen molar-refractivity contribution in [3.8, 4) is 11.3 Å². The normalized spacial score (nSPS) is 11.0. The molecule has 0 fully saturated rings. The topological polar surface area (TPSA) is 153 Å². The van der Waals surface area contributed by atoms with Crippen LogP contribution >= 0.6 is 0 Å². The number of nitro groups is 1. The van der Waals surface area contributed by atoms with Crippen molar-refractivity contribution in [1.29, 1.82) is 0 Å². The van der Waals surface area contributed by atoms with E-state index < -0.39 is 15.2 Å². The standard InChI is InChI=1S/C14H11N2O3.ClHO4/c1-10-3-2-4-14-15(10)9-13(19-14)11-5-7-12(8-6-11)16(17)18;2-1(3,4)5/h2-9H,1H3;(H,2,3,4,5)/q+1;/p-1. The molecule has 0 spiro atoms. The number of pyridine rings is 1. The zero-order valence-electron chi connectivity index (χ0n) is 12.2. The Morgan fingerprint density at radius 2 is 1.62 bits per heavy atom. The van der Waals surface area contributed by atoms with E-state index in [1.165, 1.54) is 12.1 Å². The van der Waals surface area contributed by atoms with Crippen molar-refractivity contribution in [2.24, 2.45) is 0 Å². The van der Waals surface area contributed by atoms with Crippen molar-refractivity contribution in [2.45, 2.75) is 6.92 Å². The summed E-state index contributed by atoms with van der Waals surface area (Å²) in [6.45, 7) is 1.99. The Bertz CT molecular complexity index is 850. The van der Waals surface area contributed by atoms with Gasteiger partial charge in [-0.2, -0.15) is 0 Å². The average Bonchev–Trinajstić information content (AvgIpc) is 2.91. The highest BCUT2D eigenvalue weighted by Gasteiger charge is 2.16. The van der Waals surface area contributed by atoms with Crippen LogP contribution in [-0.4, -0.2) is 4.92 Å². The van der Waals surface area contributed by atoms with Crippen LogP contribution in [0.4, 0.5) is 5.69 Å². The number of halogens is 1. The molecule has 2 aromatic heterocycles. The summed E-state index contributed by atoms with van der Waals surface area (Å²) in [5.74, 6) is 0.684. The molecule has 0 unspecified atom stereocenters. The van der Waals surface area contributed by atoms with Crippen molar-refractivity contribution in [3.63, 3.8) is 0 Å². The summed E-state index contributed by atoms with van der Waals surface area (Å²) in [5, 5.41) is 10.6. The lowest BCUT2D eigenvalue weighted by atomic mass is 10.2. The minimum atomic E-state index is -4.94. The first-order valence-electron chi connectivity index (χ1n) is 6.42. The van der Waals surface area contributed by atoms with Crippen LogP contribution in [-0.2, 0) is 0 Å². The van der Waals surface area contributed by atoms with Crippen LogP contribution in [0.5, 0.6) is 0 Å². The number of nitrogens with zero attached hydrogens (tertiary/aromatic N) is 2. The van der Waals surface area contributed by atoms with Crippen molar-refractivity contribution in [1.82, 2.24) is 0 Å². The number of oxazole rings is 1. The maximum atomic E-state index is 10.6. The Morgan fingerprint density at radius 1 is 1.04 bits per heavy atom. The van der Waals surface area contributed by atoms with Gasteiger partial charge in [-0.1, -0.05) is 0 Å². The van der Waals surface area contributed by atoms with Gasteiger partial charge in [0.2, 0.25) is 12.0 Å². The molecule has 1 aromatic carbocycles. The quantitative estimate of drug-likeness (QED) is 0.297. The first-order chi connectivity index (χ1) is 11.1. The van der Waals surface area contributed by atoms with Crippen molar-refractivity contribution in [3.05, 3.63) is 64.5 Å². The molecule has 2 heterocycles. The molecule has 0 aliphatic rings. The van der Waals surface area contributed by atoms with E-state index in [9.17, 15) is 10.1 Å². The van der Waals surface area contributed by atoms with Gasteiger partial charge in [0.15, 0.2) is 5.69 Å². The highest BCUT2D eigenvalue weighted by atomic mass is 35.7. The third-order valence-corrected chi connectivity index (χ3v) is 3.02. The fourth-order valence-electron chi connectivity index (χ4n) is 1.99. The zero-order valence-corrected chi connectivity index (χ0v) is 13.0. The van der Waals surface area contributed by atoms with Crippen LogP contribution in [0.15, 0.2) is 53.1 Å². The molecule has 0 aliphatic carbocycles. The highest BCUT2D eigenvalue weighted by Crippen LogP contribution is 2.23. The minimum Gasteiger partial charge on any atom is -0.398 e. The van der Waals surface area contributed by atoms with Gasteiger partial charge in [-0.3, -0.25) is 10.1 Å². The van der Waals surface area contributed by atoms with E-state index in [1.54, 1.807) is 12.1 Å². The summed E-state index contributed by atoms with van der Waals surface area (Å²) >= 11 is 0. The van der Waals surface area contributed by atoms with Gasteiger partial charge in [-0.05, 0) is 18.2 Å². The van der Waals surface area contributed by atoms with Gasteiger partial charge < -0.3 is 4.42 Å². The largest absolute Gasteiger partial charge is 0.398 e. The van der Waals surface area contributed by atoms with Gasteiger partial charge in [-0.25, -0.2) is 18.6 Å². The Balaban J connectivity index is 0.000000368. The Labute approximate surface area is 137 Å². The Morgan fingerprint density at radius 3 is 2.12 bits per heavy atom. The molecule has 0 saturated carbocycles. The van der Waals surface area contributed by atoms with Crippen LogP contribution in [0.3, 0.4) is 0 Å². The van der Waals surface area contributed by atoms with Crippen LogP contribution in [0, 0.1) is 27.3 Å². The number of aromatic nitrogens is 1. The smallest absolute Gasteiger partial charge is 0.379 e. The molecule has 3 rings (SSSR count). The maximum Gasteiger partial charge on any atom is 0.379 e. The van der Waals surface area contributed by atoms with Gasteiger partial charge in [0.1, 0.15) is 0 Å². The first kappa shape index (κ1) is 17.8. The monoisotopic (exact) mass is 354 g/mol. The van der Waals surface area contributed by atoms with E-state index in [1.807, 2.05) is 35.7 Å². The Hall–Kier alpha value is -2.56. The molecule has 0 N–H and O–H groups in total. The number of nitro benzene ring substituents is 1. The molecule has 0 aliphatic heterocycles. The predicted octanol–water partition coefficient (Wildman–Crippen LogP) is -1.85. The van der Waals surface area contributed by atoms with Crippen LogP contribution < -0.4 is 23.0 Å². The molecule has 0 amide bonds. The van der Waals surface area contributed by atoms with Gasteiger partial charge in [0, 0.05) is 30.7 Å². The van der Waals surface area contributed by atoms with Gasteiger partial charge in [0.25, 0.3) is 5.69 Å². The predicted molar refractivity (Wildman–Crippen MR) is 68.7 cm³/mol. The Kier molecular flexibility index (Phi) is 5.12. The number of hydrogen-bond acceptors (Lipinski definition) is 7. The molecule has 24 heavy (non-hydrogen) atoms. The lowest BCUT2D eigenvalue weighted by Gasteiger charge is -2.17. The summed E-state index contributed by atoms with van der Waals surface area (Å²) in [6.07, 6.45) is 1.88. The second-order valence-electron chi connectivity index (χ2n) is 4.65. The van der Waals surface area contributed by atoms with Crippen molar-refractivity contribution >= 4 is 11.4 Å². The number of fused-ring (bicyclic) bond motifs is 1. The number of benzene rings is 1. The van der Waals surface area contributed by atoms with Gasteiger partial charge >= 0.3 is 5.71 Å². The summed E-state index contributed by atoms with van der Waals surface area (Å²) in [7, 11) is -4.94. The summed E-state index contributed by atoms with van der Waals surface area (Å²) in [4.78, 5) is 10.2. The molecule has 0 saturated heterocycles. The number of non-ortho nitro benzene ring substituents is 1. The van der Waals surface area contributed by atoms with E-state index in [4.69, 9.17) is 23.1 Å². The van der Waals surface area contributed by atoms with Crippen LogP contribution in [0.2, 0.25) is 0 Å². The molecular weight excluding hydrogens is 344 g/mol. The van der Waals surface area contributed by atoms with Crippen molar-refractivity contribution < 1.29 is 42.6 Å². The third kappa shape index (κ3) is 4.72. The molecule has 126 valence electrons. The van der Waals surface area contributed by atoms with E-state index in [0.717, 1.165) is 17.0 Å². The van der Waals surface area contributed by atoms with E-state index >= 15 is 0 Å². The summed E-state index contributed by atoms with van der Waals surface area (Å²) in [6, 6.07) is 12.1. The van der Waals surface area contributed by atoms with E-state index in [-0.39, 0.29) is 5.69 Å². The lowest BCUT2D eigenvalue weighted by molar-refractivity contribution is -2.00. The zero-order chi connectivity index (χ0) is 17.9. The molecule has 10 heteroatoms. The SMILES string of the molecule is Cc1cccc2oc(-c3ccc([N+](=O)[O-])cc3)c[n+]12.[O-][Cl+3]([O-])([O-])[O-]. The minimum absolute atomic E-state index is 0.0729. The molecule has 0 radical (unpaired) electrons.